The zero-order valence-electron chi connectivity index (χ0n) is 14.7. The van der Waals surface area contributed by atoms with Gasteiger partial charge >= 0.3 is 0 Å². The van der Waals surface area contributed by atoms with Crippen molar-refractivity contribution in [2.75, 3.05) is 38.2 Å². The molecule has 0 radical (unpaired) electrons. The number of rotatable bonds is 4. The number of piperazine rings is 1. The summed E-state index contributed by atoms with van der Waals surface area (Å²) in [5.41, 5.74) is 4.35. The SMILES string of the molecule is COc1ccc2nc(C)c(CN3CCN(c4ccccc4)CC3)n2n1. The Balaban J connectivity index is 1.48. The van der Waals surface area contributed by atoms with Crippen LogP contribution >= 0.6 is 0 Å². The number of hydrogen-bond acceptors (Lipinski definition) is 5. The minimum atomic E-state index is 0.611. The van der Waals surface area contributed by atoms with Crippen molar-refractivity contribution in [3.63, 3.8) is 0 Å². The van der Waals surface area contributed by atoms with Crippen molar-refractivity contribution in [1.29, 1.82) is 0 Å². The normalized spacial score (nSPS) is 15.7. The van der Waals surface area contributed by atoms with Crippen molar-refractivity contribution in [1.82, 2.24) is 19.5 Å². The van der Waals surface area contributed by atoms with E-state index in [1.807, 2.05) is 16.6 Å². The van der Waals surface area contributed by atoms with Crippen LogP contribution < -0.4 is 9.64 Å². The average Bonchev–Trinajstić information content (AvgIpc) is 2.97. The number of imidazole rings is 1. The fraction of sp³-hybridized carbons (Fsp3) is 0.368. The number of benzene rings is 1. The number of hydrogen-bond donors (Lipinski definition) is 0. The second kappa shape index (κ2) is 6.72. The third kappa shape index (κ3) is 3.17. The van der Waals surface area contributed by atoms with Crippen molar-refractivity contribution < 1.29 is 4.74 Å². The van der Waals surface area contributed by atoms with E-state index < -0.39 is 0 Å². The highest BCUT2D eigenvalue weighted by Crippen LogP contribution is 2.19. The lowest BCUT2D eigenvalue weighted by Crippen LogP contribution is -2.46. The van der Waals surface area contributed by atoms with Gasteiger partial charge in [0, 0.05) is 44.5 Å². The lowest BCUT2D eigenvalue weighted by Gasteiger charge is -2.36. The van der Waals surface area contributed by atoms with Crippen LogP contribution in [0.4, 0.5) is 5.69 Å². The van der Waals surface area contributed by atoms with Crippen LogP contribution in [0.15, 0.2) is 42.5 Å². The van der Waals surface area contributed by atoms with Gasteiger partial charge in [-0.25, -0.2) is 9.50 Å². The summed E-state index contributed by atoms with van der Waals surface area (Å²) in [6, 6.07) is 14.4. The molecule has 2 aromatic heterocycles. The van der Waals surface area contributed by atoms with Crippen molar-refractivity contribution in [3.05, 3.63) is 53.9 Å². The highest BCUT2D eigenvalue weighted by Gasteiger charge is 2.20. The number of anilines is 1. The van der Waals surface area contributed by atoms with Gasteiger partial charge in [0.05, 0.1) is 18.5 Å². The minimum Gasteiger partial charge on any atom is -0.480 e. The number of aromatic nitrogens is 3. The number of aryl methyl sites for hydroxylation is 1. The van der Waals surface area contributed by atoms with Gasteiger partial charge in [0.2, 0.25) is 5.88 Å². The topological polar surface area (TPSA) is 45.9 Å². The molecule has 0 bridgehead atoms. The van der Waals surface area contributed by atoms with E-state index >= 15 is 0 Å². The Labute approximate surface area is 147 Å². The van der Waals surface area contributed by atoms with E-state index in [9.17, 15) is 0 Å². The maximum atomic E-state index is 5.26. The summed E-state index contributed by atoms with van der Waals surface area (Å²) in [6.07, 6.45) is 0. The van der Waals surface area contributed by atoms with Crippen LogP contribution in [0.25, 0.3) is 5.65 Å². The molecule has 0 unspecified atom stereocenters. The Morgan fingerprint density at radius 1 is 1.00 bits per heavy atom. The summed E-state index contributed by atoms with van der Waals surface area (Å²) in [6.45, 7) is 7.05. The molecule has 0 N–H and O–H groups in total. The van der Waals surface area contributed by atoms with Crippen LogP contribution in [-0.2, 0) is 6.54 Å². The van der Waals surface area contributed by atoms with Crippen molar-refractivity contribution in [2.45, 2.75) is 13.5 Å². The molecule has 1 aliphatic heterocycles. The van der Waals surface area contributed by atoms with Crippen LogP contribution in [-0.4, -0.2) is 52.8 Å². The molecule has 0 atom stereocenters. The number of fused-ring (bicyclic) bond motifs is 1. The Kier molecular flexibility index (Phi) is 4.28. The summed E-state index contributed by atoms with van der Waals surface area (Å²) >= 11 is 0. The Morgan fingerprint density at radius 2 is 1.76 bits per heavy atom. The molecule has 3 heterocycles. The van der Waals surface area contributed by atoms with E-state index in [-0.39, 0.29) is 0 Å². The number of methoxy groups -OCH3 is 1. The first-order valence-corrected chi connectivity index (χ1v) is 8.66. The van der Waals surface area contributed by atoms with Crippen LogP contribution in [0, 0.1) is 6.92 Å². The van der Waals surface area contributed by atoms with Gasteiger partial charge in [0.25, 0.3) is 0 Å². The Hall–Kier alpha value is -2.60. The molecule has 6 nitrogen and oxygen atoms in total. The Bertz CT molecular complexity index is 853. The maximum Gasteiger partial charge on any atom is 0.231 e. The first-order chi connectivity index (χ1) is 12.2. The molecule has 1 aromatic carbocycles. The lowest BCUT2D eigenvalue weighted by molar-refractivity contribution is 0.244. The first kappa shape index (κ1) is 15.9. The van der Waals surface area contributed by atoms with Crippen molar-refractivity contribution >= 4 is 11.3 Å². The van der Waals surface area contributed by atoms with Gasteiger partial charge in [-0.3, -0.25) is 4.90 Å². The molecule has 4 rings (SSSR count). The second-order valence-electron chi connectivity index (χ2n) is 6.39. The summed E-state index contributed by atoms with van der Waals surface area (Å²) in [4.78, 5) is 9.54. The minimum absolute atomic E-state index is 0.611. The van der Waals surface area contributed by atoms with Gasteiger partial charge in [-0.2, -0.15) is 0 Å². The predicted molar refractivity (Wildman–Crippen MR) is 98.2 cm³/mol. The first-order valence-electron chi connectivity index (χ1n) is 8.66. The third-order valence-corrected chi connectivity index (χ3v) is 4.82. The monoisotopic (exact) mass is 337 g/mol. The van der Waals surface area contributed by atoms with Crippen molar-refractivity contribution in [2.24, 2.45) is 0 Å². The lowest BCUT2D eigenvalue weighted by atomic mass is 10.2. The molecule has 25 heavy (non-hydrogen) atoms. The summed E-state index contributed by atoms with van der Waals surface area (Å²) in [5, 5.41) is 4.54. The summed E-state index contributed by atoms with van der Waals surface area (Å²) in [7, 11) is 1.64. The van der Waals surface area contributed by atoms with Crippen LogP contribution in [0.5, 0.6) is 5.88 Å². The molecule has 0 spiro atoms. The highest BCUT2D eigenvalue weighted by atomic mass is 16.5. The fourth-order valence-electron chi connectivity index (χ4n) is 3.38. The summed E-state index contributed by atoms with van der Waals surface area (Å²) < 4.78 is 7.17. The molecule has 0 aliphatic carbocycles. The average molecular weight is 337 g/mol. The second-order valence-corrected chi connectivity index (χ2v) is 6.39. The molecule has 0 saturated carbocycles. The maximum absolute atomic E-state index is 5.26. The zero-order valence-corrected chi connectivity index (χ0v) is 14.7. The van der Waals surface area contributed by atoms with Gasteiger partial charge in [-0.05, 0) is 25.1 Å². The van der Waals surface area contributed by atoms with Crippen LogP contribution in [0.1, 0.15) is 11.4 Å². The molecule has 1 fully saturated rings. The van der Waals surface area contributed by atoms with Crippen LogP contribution in [0.3, 0.4) is 0 Å². The molecule has 6 heteroatoms. The molecular weight excluding hydrogens is 314 g/mol. The smallest absolute Gasteiger partial charge is 0.231 e. The van der Waals surface area contributed by atoms with Crippen molar-refractivity contribution in [3.8, 4) is 5.88 Å². The van der Waals surface area contributed by atoms with Gasteiger partial charge in [0.1, 0.15) is 0 Å². The number of ether oxygens (including phenoxy) is 1. The quantitative estimate of drug-likeness (QED) is 0.731. The van der Waals surface area contributed by atoms with E-state index in [1.165, 1.54) is 5.69 Å². The number of nitrogens with zero attached hydrogens (tertiary/aromatic N) is 5. The Morgan fingerprint density at radius 3 is 2.48 bits per heavy atom. The van der Waals surface area contributed by atoms with Gasteiger partial charge < -0.3 is 9.64 Å². The largest absolute Gasteiger partial charge is 0.480 e. The molecular formula is C19H23N5O. The van der Waals surface area contributed by atoms with E-state index in [0.717, 1.165) is 49.8 Å². The van der Waals surface area contributed by atoms with E-state index in [1.54, 1.807) is 7.11 Å². The van der Waals surface area contributed by atoms with Crippen LogP contribution in [0.2, 0.25) is 0 Å². The number of para-hydroxylation sites is 1. The third-order valence-electron chi connectivity index (χ3n) is 4.82. The van der Waals surface area contributed by atoms with Gasteiger partial charge in [-0.15, -0.1) is 5.10 Å². The summed E-state index contributed by atoms with van der Waals surface area (Å²) in [5.74, 6) is 0.611. The van der Waals surface area contributed by atoms with E-state index in [0.29, 0.717) is 5.88 Å². The molecule has 0 amide bonds. The molecule has 3 aromatic rings. The van der Waals surface area contributed by atoms with E-state index in [4.69, 9.17) is 4.74 Å². The molecule has 1 saturated heterocycles. The van der Waals surface area contributed by atoms with Gasteiger partial charge in [-0.1, -0.05) is 18.2 Å². The van der Waals surface area contributed by atoms with Gasteiger partial charge in [0.15, 0.2) is 5.65 Å². The van der Waals surface area contributed by atoms with E-state index in [2.05, 4.69) is 57.1 Å². The molecule has 130 valence electrons. The zero-order chi connectivity index (χ0) is 17.2. The standard InChI is InChI=1S/C19H23N5O/c1-15-17(24-18(20-15)8-9-19(21-24)25-2)14-22-10-12-23(13-11-22)16-6-4-3-5-7-16/h3-9H,10-14H2,1-2H3. The highest BCUT2D eigenvalue weighted by molar-refractivity contribution is 5.46. The predicted octanol–water partition coefficient (Wildman–Crippen LogP) is 2.37. The molecule has 1 aliphatic rings. The fourth-order valence-corrected chi connectivity index (χ4v) is 3.38.